The van der Waals surface area contributed by atoms with Gasteiger partial charge in [-0.05, 0) is 12.8 Å². The predicted octanol–water partition coefficient (Wildman–Crippen LogP) is 1.82. The summed E-state index contributed by atoms with van der Waals surface area (Å²) in [6.07, 6.45) is 2.17. The van der Waals surface area contributed by atoms with Crippen molar-refractivity contribution in [1.82, 2.24) is 4.90 Å². The molecule has 68 valence electrons. The van der Waals surface area contributed by atoms with Crippen molar-refractivity contribution in [3.05, 3.63) is 12.2 Å². The van der Waals surface area contributed by atoms with Gasteiger partial charge in [0.25, 0.3) is 0 Å². The number of amides is 1. The summed E-state index contributed by atoms with van der Waals surface area (Å²) in [6.45, 7) is 9.49. The molecule has 0 aliphatic carbocycles. The molecule has 1 heterocycles. The van der Waals surface area contributed by atoms with E-state index in [2.05, 4.69) is 6.58 Å². The Bertz CT molecular complexity index is 196. The Hall–Kier alpha value is -0.790. The average Bonchev–Trinajstić information content (AvgIpc) is 2.03. The minimum Gasteiger partial charge on any atom is -0.338 e. The third-order valence-electron chi connectivity index (χ3n) is 2.18. The molecule has 2 heteroatoms. The zero-order chi connectivity index (χ0) is 9.14. The third kappa shape index (κ3) is 2.10. The van der Waals surface area contributed by atoms with Crippen LogP contribution in [-0.2, 0) is 4.79 Å². The van der Waals surface area contributed by atoms with E-state index in [0.29, 0.717) is 0 Å². The van der Waals surface area contributed by atoms with Crippen molar-refractivity contribution < 1.29 is 4.79 Å². The van der Waals surface area contributed by atoms with Crippen molar-refractivity contribution in [3.63, 3.8) is 0 Å². The molecule has 0 saturated carbocycles. The molecule has 2 nitrogen and oxygen atoms in total. The molecule has 0 aromatic carbocycles. The lowest BCUT2D eigenvalue weighted by Crippen LogP contribution is -2.38. The van der Waals surface area contributed by atoms with E-state index < -0.39 is 0 Å². The smallest absolute Gasteiger partial charge is 0.225 e. The van der Waals surface area contributed by atoms with Crippen LogP contribution in [0.15, 0.2) is 12.2 Å². The van der Waals surface area contributed by atoms with Gasteiger partial charge in [-0.15, -0.1) is 0 Å². The van der Waals surface area contributed by atoms with Gasteiger partial charge in [0.2, 0.25) is 5.91 Å². The van der Waals surface area contributed by atoms with Crippen molar-refractivity contribution in [2.45, 2.75) is 26.7 Å². The second-order valence-electron chi connectivity index (χ2n) is 3.77. The number of hydrogen-bond donors (Lipinski definition) is 0. The quantitative estimate of drug-likeness (QED) is 0.545. The fourth-order valence-corrected chi connectivity index (χ4v) is 1.50. The maximum Gasteiger partial charge on any atom is 0.225 e. The van der Waals surface area contributed by atoms with Crippen LogP contribution >= 0.6 is 0 Å². The molecular weight excluding hydrogens is 150 g/mol. The Kier molecular flexibility index (Phi) is 2.90. The summed E-state index contributed by atoms with van der Waals surface area (Å²) in [4.78, 5) is 13.4. The van der Waals surface area contributed by atoms with Crippen LogP contribution in [0, 0.1) is 5.92 Å². The highest BCUT2D eigenvalue weighted by Gasteiger charge is 2.20. The molecule has 0 unspecified atom stereocenters. The monoisotopic (exact) mass is 167 g/mol. The molecule has 0 bridgehead atoms. The van der Waals surface area contributed by atoms with Crippen molar-refractivity contribution in [3.8, 4) is 0 Å². The van der Waals surface area contributed by atoms with Crippen LogP contribution in [0.1, 0.15) is 26.7 Å². The van der Waals surface area contributed by atoms with Crippen LogP contribution in [-0.4, -0.2) is 23.9 Å². The molecule has 0 atom stereocenters. The van der Waals surface area contributed by atoms with Crippen LogP contribution < -0.4 is 0 Å². The topological polar surface area (TPSA) is 20.3 Å². The molecular formula is C10H17NO. The third-order valence-corrected chi connectivity index (χ3v) is 2.18. The molecule has 1 saturated heterocycles. The zero-order valence-electron chi connectivity index (χ0n) is 7.97. The molecule has 1 amide bonds. The van der Waals surface area contributed by atoms with E-state index >= 15 is 0 Å². The molecule has 12 heavy (non-hydrogen) atoms. The number of nitrogens with zero attached hydrogens (tertiary/aromatic N) is 1. The minimum atomic E-state index is 0.121. The van der Waals surface area contributed by atoms with E-state index in [1.165, 1.54) is 5.57 Å². The second kappa shape index (κ2) is 3.74. The van der Waals surface area contributed by atoms with Gasteiger partial charge in [0, 0.05) is 19.0 Å². The maximum absolute atomic E-state index is 11.5. The number of rotatable bonds is 1. The molecule has 0 aromatic heterocycles. The summed E-state index contributed by atoms with van der Waals surface area (Å²) in [7, 11) is 0. The summed E-state index contributed by atoms with van der Waals surface area (Å²) in [6, 6.07) is 0. The Labute approximate surface area is 74.2 Å². The summed E-state index contributed by atoms with van der Waals surface area (Å²) >= 11 is 0. The van der Waals surface area contributed by atoms with Gasteiger partial charge in [-0.25, -0.2) is 0 Å². The van der Waals surface area contributed by atoms with Gasteiger partial charge >= 0.3 is 0 Å². The zero-order valence-corrected chi connectivity index (χ0v) is 7.97. The number of carbonyl (C=O) groups excluding carboxylic acids is 1. The Balaban J connectivity index is 2.51. The number of carbonyl (C=O) groups is 1. The first-order chi connectivity index (χ1) is 5.61. The lowest BCUT2D eigenvalue weighted by molar-refractivity contribution is -0.134. The average molecular weight is 167 g/mol. The Morgan fingerprint density at radius 1 is 1.58 bits per heavy atom. The van der Waals surface area contributed by atoms with E-state index in [0.717, 1.165) is 25.9 Å². The van der Waals surface area contributed by atoms with Gasteiger partial charge in [0.15, 0.2) is 0 Å². The van der Waals surface area contributed by atoms with Crippen LogP contribution in [0.25, 0.3) is 0 Å². The van der Waals surface area contributed by atoms with Gasteiger partial charge in [0.05, 0.1) is 0 Å². The van der Waals surface area contributed by atoms with E-state index in [1.807, 2.05) is 18.7 Å². The highest BCUT2D eigenvalue weighted by molar-refractivity contribution is 5.78. The van der Waals surface area contributed by atoms with E-state index in [1.54, 1.807) is 0 Å². The molecule has 1 fully saturated rings. The first-order valence-corrected chi connectivity index (χ1v) is 4.56. The van der Waals surface area contributed by atoms with E-state index in [9.17, 15) is 4.79 Å². The maximum atomic E-state index is 11.5. The summed E-state index contributed by atoms with van der Waals surface area (Å²) in [5.74, 6) is 0.381. The van der Waals surface area contributed by atoms with Crippen LogP contribution in [0.3, 0.4) is 0 Å². The lowest BCUT2D eigenvalue weighted by atomic mass is 10.0. The largest absolute Gasteiger partial charge is 0.338 e. The molecule has 1 aliphatic rings. The standard InChI is InChI=1S/C10H17NO/c1-8(2)10(12)11-6-4-5-9(3)7-11/h8H,3-7H2,1-2H3. The fourth-order valence-electron chi connectivity index (χ4n) is 1.50. The normalized spacial score (nSPS) is 18.6. The van der Waals surface area contributed by atoms with Crippen molar-refractivity contribution in [2.75, 3.05) is 13.1 Å². The van der Waals surface area contributed by atoms with Gasteiger partial charge in [-0.3, -0.25) is 4.79 Å². The first-order valence-electron chi connectivity index (χ1n) is 4.56. The molecule has 0 N–H and O–H groups in total. The van der Waals surface area contributed by atoms with Crippen LogP contribution in [0.2, 0.25) is 0 Å². The van der Waals surface area contributed by atoms with Gasteiger partial charge in [-0.2, -0.15) is 0 Å². The van der Waals surface area contributed by atoms with Crippen LogP contribution in [0.5, 0.6) is 0 Å². The Morgan fingerprint density at radius 3 is 2.75 bits per heavy atom. The lowest BCUT2D eigenvalue weighted by Gasteiger charge is -2.29. The van der Waals surface area contributed by atoms with Crippen molar-refractivity contribution in [2.24, 2.45) is 5.92 Å². The fraction of sp³-hybridized carbons (Fsp3) is 0.700. The highest BCUT2D eigenvalue weighted by Crippen LogP contribution is 2.15. The summed E-state index contributed by atoms with van der Waals surface area (Å²) < 4.78 is 0. The predicted molar refractivity (Wildman–Crippen MR) is 49.8 cm³/mol. The number of piperidine rings is 1. The van der Waals surface area contributed by atoms with Crippen molar-refractivity contribution >= 4 is 5.91 Å². The van der Waals surface area contributed by atoms with E-state index in [4.69, 9.17) is 0 Å². The summed E-state index contributed by atoms with van der Waals surface area (Å²) in [5, 5.41) is 0. The van der Waals surface area contributed by atoms with Gasteiger partial charge in [0.1, 0.15) is 0 Å². The van der Waals surface area contributed by atoms with Crippen molar-refractivity contribution in [1.29, 1.82) is 0 Å². The molecule has 0 radical (unpaired) electrons. The SMILES string of the molecule is C=C1CCCN(C(=O)C(C)C)C1. The van der Waals surface area contributed by atoms with Crippen LogP contribution in [0.4, 0.5) is 0 Å². The molecule has 0 aromatic rings. The van der Waals surface area contributed by atoms with Gasteiger partial charge < -0.3 is 4.90 Å². The minimum absolute atomic E-state index is 0.121. The van der Waals surface area contributed by atoms with Gasteiger partial charge in [-0.1, -0.05) is 26.0 Å². The molecule has 0 spiro atoms. The Morgan fingerprint density at radius 2 is 2.25 bits per heavy atom. The second-order valence-corrected chi connectivity index (χ2v) is 3.77. The highest BCUT2D eigenvalue weighted by atomic mass is 16.2. The molecule has 1 rings (SSSR count). The first kappa shape index (κ1) is 9.30. The van der Waals surface area contributed by atoms with E-state index in [-0.39, 0.29) is 11.8 Å². The summed E-state index contributed by atoms with van der Waals surface area (Å²) in [5.41, 5.74) is 1.19. The molecule has 1 aliphatic heterocycles. The number of hydrogen-bond acceptors (Lipinski definition) is 1. The number of likely N-dealkylation sites (tertiary alicyclic amines) is 1.